The first-order valence-electron chi connectivity index (χ1n) is 6.15. The van der Waals surface area contributed by atoms with E-state index in [9.17, 15) is 13.2 Å². The van der Waals surface area contributed by atoms with E-state index < -0.39 is 11.7 Å². The van der Waals surface area contributed by atoms with Gasteiger partial charge in [-0.05, 0) is 49.9 Å². The van der Waals surface area contributed by atoms with E-state index >= 15 is 0 Å². The summed E-state index contributed by atoms with van der Waals surface area (Å²) in [6.45, 7) is 0.775. The Morgan fingerprint density at radius 3 is 2.39 bits per heavy atom. The van der Waals surface area contributed by atoms with Crippen molar-refractivity contribution in [3.05, 3.63) is 41.5 Å². The predicted molar refractivity (Wildman–Crippen MR) is 66.5 cm³/mol. The van der Waals surface area contributed by atoms with Crippen molar-refractivity contribution in [3.63, 3.8) is 0 Å². The Morgan fingerprint density at radius 2 is 1.83 bits per heavy atom. The second-order valence-electron chi connectivity index (χ2n) is 4.51. The minimum atomic E-state index is -4.26. The van der Waals surface area contributed by atoms with Crippen LogP contribution in [0.4, 0.5) is 18.9 Å². The maximum absolute atomic E-state index is 12.3. The van der Waals surface area contributed by atoms with Crippen LogP contribution in [0.3, 0.4) is 0 Å². The molecule has 0 spiro atoms. The monoisotopic (exact) mass is 255 g/mol. The molecule has 0 aromatic heterocycles. The molecule has 1 nitrogen and oxygen atoms in total. The average molecular weight is 255 g/mol. The largest absolute Gasteiger partial charge is 0.416 e. The standard InChI is InChI=1S/C14H16F3N/c15-14(16,17)12-5-7-13(8-6-12)18-10-9-11-3-1-2-4-11/h3,5-8,18H,1-2,4,9-10H2. The van der Waals surface area contributed by atoms with E-state index in [1.54, 1.807) is 0 Å². The van der Waals surface area contributed by atoms with Crippen LogP contribution >= 0.6 is 0 Å². The van der Waals surface area contributed by atoms with Crippen molar-refractivity contribution in [1.29, 1.82) is 0 Å². The van der Waals surface area contributed by atoms with Gasteiger partial charge in [0.05, 0.1) is 5.56 Å². The highest BCUT2D eigenvalue weighted by Crippen LogP contribution is 2.29. The lowest BCUT2D eigenvalue weighted by molar-refractivity contribution is -0.137. The van der Waals surface area contributed by atoms with Crippen LogP contribution in [-0.4, -0.2) is 6.54 Å². The normalized spacial score (nSPS) is 15.6. The van der Waals surface area contributed by atoms with Gasteiger partial charge in [-0.15, -0.1) is 0 Å². The molecule has 1 aromatic rings. The fraction of sp³-hybridized carbons (Fsp3) is 0.429. The molecular formula is C14H16F3N. The van der Waals surface area contributed by atoms with Gasteiger partial charge >= 0.3 is 6.18 Å². The van der Waals surface area contributed by atoms with E-state index in [1.807, 2.05) is 0 Å². The van der Waals surface area contributed by atoms with E-state index in [2.05, 4.69) is 11.4 Å². The molecule has 98 valence electrons. The Hall–Kier alpha value is -1.45. The highest BCUT2D eigenvalue weighted by atomic mass is 19.4. The summed E-state index contributed by atoms with van der Waals surface area (Å²) in [7, 11) is 0. The summed E-state index contributed by atoms with van der Waals surface area (Å²) in [6, 6.07) is 5.17. The average Bonchev–Trinajstić information content (AvgIpc) is 2.82. The van der Waals surface area contributed by atoms with Crippen LogP contribution in [0.15, 0.2) is 35.9 Å². The van der Waals surface area contributed by atoms with Crippen LogP contribution in [0.5, 0.6) is 0 Å². The molecule has 0 unspecified atom stereocenters. The van der Waals surface area contributed by atoms with Crippen LogP contribution in [0.25, 0.3) is 0 Å². The lowest BCUT2D eigenvalue weighted by atomic mass is 10.1. The van der Waals surface area contributed by atoms with Crippen molar-refractivity contribution in [3.8, 4) is 0 Å². The molecule has 1 N–H and O–H groups in total. The summed E-state index contributed by atoms with van der Waals surface area (Å²) in [5.74, 6) is 0. The number of hydrogen-bond donors (Lipinski definition) is 1. The number of benzene rings is 1. The Morgan fingerprint density at radius 1 is 1.11 bits per heavy atom. The molecule has 0 aliphatic heterocycles. The highest BCUT2D eigenvalue weighted by Gasteiger charge is 2.29. The van der Waals surface area contributed by atoms with Gasteiger partial charge in [-0.2, -0.15) is 13.2 Å². The van der Waals surface area contributed by atoms with Gasteiger partial charge in [0.15, 0.2) is 0 Å². The zero-order chi connectivity index (χ0) is 13.0. The molecule has 0 saturated carbocycles. The molecule has 2 rings (SSSR count). The molecule has 0 heterocycles. The fourth-order valence-electron chi connectivity index (χ4n) is 2.11. The quantitative estimate of drug-likeness (QED) is 0.774. The number of hydrogen-bond acceptors (Lipinski definition) is 1. The lowest BCUT2D eigenvalue weighted by Crippen LogP contribution is -2.06. The van der Waals surface area contributed by atoms with Crippen molar-refractivity contribution in [2.45, 2.75) is 31.9 Å². The minimum absolute atomic E-state index is 0.605. The van der Waals surface area contributed by atoms with Gasteiger partial charge in [0.25, 0.3) is 0 Å². The summed E-state index contributed by atoms with van der Waals surface area (Å²) in [4.78, 5) is 0. The van der Waals surface area contributed by atoms with Crippen molar-refractivity contribution < 1.29 is 13.2 Å². The Kier molecular flexibility index (Phi) is 3.94. The minimum Gasteiger partial charge on any atom is -0.385 e. The topological polar surface area (TPSA) is 12.0 Å². The molecule has 18 heavy (non-hydrogen) atoms. The molecule has 0 bridgehead atoms. The lowest BCUT2D eigenvalue weighted by Gasteiger charge is -2.09. The maximum Gasteiger partial charge on any atom is 0.416 e. The second-order valence-corrected chi connectivity index (χ2v) is 4.51. The molecule has 1 aliphatic carbocycles. The smallest absolute Gasteiger partial charge is 0.385 e. The third-order valence-electron chi connectivity index (χ3n) is 3.12. The number of alkyl halides is 3. The molecule has 0 saturated heterocycles. The van der Waals surface area contributed by atoms with Crippen molar-refractivity contribution in [1.82, 2.24) is 0 Å². The molecule has 4 heteroatoms. The SMILES string of the molecule is FC(F)(F)c1ccc(NCCC2=CCCC2)cc1. The maximum atomic E-state index is 12.3. The predicted octanol–water partition coefficient (Wildman–Crippen LogP) is 4.62. The van der Waals surface area contributed by atoms with E-state index in [-0.39, 0.29) is 0 Å². The summed E-state index contributed by atoms with van der Waals surface area (Å²) in [5.41, 5.74) is 1.59. The van der Waals surface area contributed by atoms with Crippen molar-refractivity contribution in [2.24, 2.45) is 0 Å². The molecule has 0 radical (unpaired) electrons. The highest BCUT2D eigenvalue weighted by molar-refractivity contribution is 5.45. The first kappa shape index (κ1) is 13.0. The molecular weight excluding hydrogens is 239 g/mol. The number of rotatable bonds is 4. The Bertz CT molecular complexity index is 418. The van der Waals surface area contributed by atoms with Crippen LogP contribution in [-0.2, 0) is 6.18 Å². The number of allylic oxidation sites excluding steroid dienone is 1. The number of anilines is 1. The molecule has 0 atom stereocenters. The summed E-state index contributed by atoms with van der Waals surface area (Å²) >= 11 is 0. The summed E-state index contributed by atoms with van der Waals surface area (Å²) < 4.78 is 37.0. The van der Waals surface area contributed by atoms with Crippen molar-refractivity contribution in [2.75, 3.05) is 11.9 Å². The first-order chi connectivity index (χ1) is 8.55. The Balaban J connectivity index is 1.83. The molecule has 0 amide bonds. The molecule has 1 aromatic carbocycles. The number of nitrogens with one attached hydrogen (secondary N) is 1. The van der Waals surface area contributed by atoms with Crippen LogP contribution in [0.1, 0.15) is 31.2 Å². The van der Waals surface area contributed by atoms with Crippen LogP contribution in [0.2, 0.25) is 0 Å². The van der Waals surface area contributed by atoms with Gasteiger partial charge in [0.1, 0.15) is 0 Å². The molecule has 0 fully saturated rings. The number of halogens is 3. The van der Waals surface area contributed by atoms with E-state index in [1.165, 1.54) is 24.1 Å². The molecule has 1 aliphatic rings. The summed E-state index contributed by atoms with van der Waals surface area (Å²) in [5, 5.41) is 3.14. The van der Waals surface area contributed by atoms with Gasteiger partial charge in [0, 0.05) is 12.2 Å². The van der Waals surface area contributed by atoms with E-state index in [4.69, 9.17) is 0 Å². The van der Waals surface area contributed by atoms with Crippen molar-refractivity contribution >= 4 is 5.69 Å². The zero-order valence-corrected chi connectivity index (χ0v) is 10.1. The van der Waals surface area contributed by atoms with E-state index in [0.717, 1.165) is 43.6 Å². The van der Waals surface area contributed by atoms with Crippen LogP contribution in [0, 0.1) is 0 Å². The first-order valence-corrected chi connectivity index (χ1v) is 6.15. The summed E-state index contributed by atoms with van der Waals surface area (Å²) in [6.07, 6.45) is 2.53. The Labute approximate surface area is 105 Å². The zero-order valence-electron chi connectivity index (χ0n) is 10.1. The fourth-order valence-corrected chi connectivity index (χ4v) is 2.11. The van der Waals surface area contributed by atoms with Gasteiger partial charge in [-0.25, -0.2) is 0 Å². The second kappa shape index (κ2) is 5.46. The van der Waals surface area contributed by atoms with Crippen LogP contribution < -0.4 is 5.32 Å². The third kappa shape index (κ3) is 3.52. The van der Waals surface area contributed by atoms with Gasteiger partial charge in [-0.3, -0.25) is 0 Å². The van der Waals surface area contributed by atoms with Gasteiger partial charge in [-0.1, -0.05) is 11.6 Å². The van der Waals surface area contributed by atoms with Gasteiger partial charge in [0.2, 0.25) is 0 Å². The van der Waals surface area contributed by atoms with E-state index in [0.29, 0.717) is 0 Å². The third-order valence-corrected chi connectivity index (χ3v) is 3.12. The van der Waals surface area contributed by atoms with Gasteiger partial charge < -0.3 is 5.32 Å².